The first-order valence-electron chi connectivity index (χ1n) is 3.68. The molecular formula is C7H10ClN3O2. The molecule has 3 N–H and O–H groups in total. The average molecular weight is 204 g/mol. The Morgan fingerprint density at radius 2 is 2.23 bits per heavy atom. The summed E-state index contributed by atoms with van der Waals surface area (Å²) in [6, 6.07) is 0. The van der Waals surface area contributed by atoms with E-state index < -0.39 is 0 Å². The average Bonchev–Trinajstić information content (AvgIpc) is 2.09. The molecule has 1 aromatic rings. The van der Waals surface area contributed by atoms with Gasteiger partial charge in [0.05, 0.1) is 12.3 Å². The predicted octanol–water partition coefficient (Wildman–Crippen LogP) is 0.392. The summed E-state index contributed by atoms with van der Waals surface area (Å²) in [7, 11) is 0. The molecule has 0 saturated carbocycles. The summed E-state index contributed by atoms with van der Waals surface area (Å²) in [4.78, 5) is 7.60. The first kappa shape index (κ1) is 10.0. The summed E-state index contributed by atoms with van der Waals surface area (Å²) < 4.78 is 5.04. The molecule has 0 radical (unpaired) electrons. The highest BCUT2D eigenvalue weighted by atomic mass is 35.5. The van der Waals surface area contributed by atoms with Crippen molar-refractivity contribution < 1.29 is 9.84 Å². The summed E-state index contributed by atoms with van der Waals surface area (Å²) in [6.07, 6.45) is 0. The Bertz CT molecular complexity index is 306. The number of aliphatic hydroxyl groups is 1. The second-order valence-electron chi connectivity index (χ2n) is 2.37. The summed E-state index contributed by atoms with van der Waals surface area (Å²) in [5.41, 5.74) is 6.51. The van der Waals surface area contributed by atoms with Crippen LogP contribution in [0, 0.1) is 6.92 Å². The topological polar surface area (TPSA) is 81.3 Å². The van der Waals surface area contributed by atoms with E-state index in [4.69, 9.17) is 27.2 Å². The molecule has 6 heteroatoms. The number of nitrogens with two attached hydrogens (primary N) is 1. The number of ether oxygens (including phenoxy) is 1. The highest BCUT2D eigenvalue weighted by molar-refractivity contribution is 6.28. The largest absolute Gasteiger partial charge is 0.474 e. The Hall–Kier alpha value is -1.07. The van der Waals surface area contributed by atoms with Crippen LogP contribution in [0.15, 0.2) is 0 Å². The Kier molecular flexibility index (Phi) is 3.27. The Labute approximate surface area is 80.5 Å². The van der Waals surface area contributed by atoms with Gasteiger partial charge in [-0.05, 0) is 18.5 Å². The minimum absolute atomic E-state index is 0.0830. The fourth-order valence-corrected chi connectivity index (χ4v) is 0.978. The molecule has 1 aromatic heterocycles. The molecule has 1 heterocycles. The molecule has 72 valence electrons. The molecule has 0 fully saturated rings. The van der Waals surface area contributed by atoms with Crippen molar-refractivity contribution in [2.45, 2.75) is 6.92 Å². The third kappa shape index (κ3) is 2.43. The van der Waals surface area contributed by atoms with E-state index in [1.54, 1.807) is 6.92 Å². The number of hydrogen-bond acceptors (Lipinski definition) is 5. The van der Waals surface area contributed by atoms with Crippen LogP contribution in [0.5, 0.6) is 5.88 Å². The Morgan fingerprint density at radius 3 is 2.85 bits per heavy atom. The van der Waals surface area contributed by atoms with E-state index in [0.717, 1.165) is 0 Å². The first-order valence-corrected chi connectivity index (χ1v) is 4.06. The zero-order chi connectivity index (χ0) is 9.84. The van der Waals surface area contributed by atoms with Crippen molar-refractivity contribution in [2.75, 3.05) is 18.9 Å². The summed E-state index contributed by atoms with van der Waals surface area (Å²) in [6.45, 7) is 1.74. The zero-order valence-corrected chi connectivity index (χ0v) is 7.88. The molecule has 0 aromatic carbocycles. The van der Waals surface area contributed by atoms with Gasteiger partial charge in [-0.3, -0.25) is 0 Å². The number of halogens is 1. The third-order valence-electron chi connectivity index (χ3n) is 1.40. The van der Waals surface area contributed by atoms with Crippen molar-refractivity contribution >= 4 is 17.3 Å². The molecule has 0 bridgehead atoms. The van der Waals surface area contributed by atoms with Gasteiger partial charge in [0, 0.05) is 0 Å². The lowest BCUT2D eigenvalue weighted by molar-refractivity contribution is 0.197. The van der Waals surface area contributed by atoms with Crippen molar-refractivity contribution in [2.24, 2.45) is 0 Å². The lowest BCUT2D eigenvalue weighted by Crippen LogP contribution is -2.07. The molecule has 0 unspecified atom stereocenters. The van der Waals surface area contributed by atoms with E-state index in [1.165, 1.54) is 0 Å². The maximum atomic E-state index is 8.51. The SMILES string of the molecule is Cc1nc(Cl)nc(OCCO)c1N. The number of aromatic nitrogens is 2. The van der Waals surface area contributed by atoms with Crippen LogP contribution in [0.4, 0.5) is 5.69 Å². The van der Waals surface area contributed by atoms with Gasteiger partial charge in [0.15, 0.2) is 0 Å². The summed E-state index contributed by atoms with van der Waals surface area (Å²) >= 11 is 5.58. The predicted molar refractivity (Wildman–Crippen MR) is 48.8 cm³/mol. The van der Waals surface area contributed by atoms with E-state index in [2.05, 4.69) is 9.97 Å². The molecule has 1 rings (SSSR count). The highest BCUT2D eigenvalue weighted by Crippen LogP contribution is 2.22. The van der Waals surface area contributed by atoms with Crippen LogP contribution in [-0.2, 0) is 0 Å². The lowest BCUT2D eigenvalue weighted by atomic mass is 10.4. The molecule has 0 aliphatic carbocycles. The normalized spacial score (nSPS) is 10.1. The quantitative estimate of drug-likeness (QED) is 0.695. The molecule has 0 aliphatic heterocycles. The number of nitrogens with zero attached hydrogens (tertiary/aromatic N) is 2. The van der Waals surface area contributed by atoms with Crippen molar-refractivity contribution in [3.8, 4) is 5.88 Å². The molecule has 0 saturated heterocycles. The molecule has 13 heavy (non-hydrogen) atoms. The lowest BCUT2D eigenvalue weighted by Gasteiger charge is -2.07. The Morgan fingerprint density at radius 1 is 1.54 bits per heavy atom. The summed E-state index contributed by atoms with van der Waals surface area (Å²) in [5, 5.41) is 8.60. The fraction of sp³-hybridized carbons (Fsp3) is 0.429. The maximum absolute atomic E-state index is 8.51. The van der Waals surface area contributed by atoms with Gasteiger partial charge in [-0.1, -0.05) is 0 Å². The van der Waals surface area contributed by atoms with Crippen LogP contribution >= 0.6 is 11.6 Å². The molecule has 0 amide bonds. The third-order valence-corrected chi connectivity index (χ3v) is 1.57. The van der Waals surface area contributed by atoms with Crippen LogP contribution in [0.25, 0.3) is 0 Å². The molecule has 0 atom stereocenters. The van der Waals surface area contributed by atoms with Gasteiger partial charge < -0.3 is 15.6 Å². The molecule has 0 aliphatic rings. The van der Waals surface area contributed by atoms with Crippen LogP contribution in [-0.4, -0.2) is 28.3 Å². The fourth-order valence-electron chi connectivity index (χ4n) is 0.775. The van der Waals surface area contributed by atoms with Crippen molar-refractivity contribution in [3.05, 3.63) is 11.0 Å². The minimum atomic E-state index is -0.0971. The van der Waals surface area contributed by atoms with Crippen LogP contribution < -0.4 is 10.5 Å². The van der Waals surface area contributed by atoms with Crippen LogP contribution in [0.3, 0.4) is 0 Å². The van der Waals surface area contributed by atoms with Crippen LogP contribution in [0.2, 0.25) is 5.28 Å². The highest BCUT2D eigenvalue weighted by Gasteiger charge is 2.08. The molecule has 0 spiro atoms. The number of aryl methyl sites for hydroxylation is 1. The summed E-state index contributed by atoms with van der Waals surface area (Å²) in [5.74, 6) is 0.214. The molecular weight excluding hydrogens is 194 g/mol. The van der Waals surface area contributed by atoms with Gasteiger partial charge in [0.2, 0.25) is 11.2 Å². The van der Waals surface area contributed by atoms with E-state index >= 15 is 0 Å². The Balaban J connectivity index is 2.92. The van der Waals surface area contributed by atoms with Gasteiger partial charge in [0.25, 0.3) is 0 Å². The van der Waals surface area contributed by atoms with Gasteiger partial charge in [-0.15, -0.1) is 0 Å². The van der Waals surface area contributed by atoms with Crippen LogP contribution in [0.1, 0.15) is 5.69 Å². The number of aliphatic hydroxyl groups excluding tert-OH is 1. The van der Waals surface area contributed by atoms with Gasteiger partial charge >= 0.3 is 0 Å². The monoisotopic (exact) mass is 203 g/mol. The number of rotatable bonds is 3. The van der Waals surface area contributed by atoms with Crippen molar-refractivity contribution in [3.63, 3.8) is 0 Å². The van der Waals surface area contributed by atoms with Gasteiger partial charge in [-0.2, -0.15) is 4.98 Å². The first-order chi connectivity index (χ1) is 6.15. The second kappa shape index (κ2) is 4.25. The number of nitrogen functional groups attached to an aromatic ring is 1. The van der Waals surface area contributed by atoms with Crippen molar-refractivity contribution in [1.29, 1.82) is 0 Å². The number of anilines is 1. The van der Waals surface area contributed by atoms with E-state index in [-0.39, 0.29) is 24.4 Å². The van der Waals surface area contributed by atoms with Gasteiger partial charge in [-0.25, -0.2) is 4.98 Å². The van der Waals surface area contributed by atoms with Gasteiger partial charge in [0.1, 0.15) is 12.3 Å². The van der Waals surface area contributed by atoms with E-state index in [0.29, 0.717) is 11.4 Å². The maximum Gasteiger partial charge on any atom is 0.241 e. The van der Waals surface area contributed by atoms with E-state index in [1.807, 2.05) is 0 Å². The van der Waals surface area contributed by atoms with E-state index in [9.17, 15) is 0 Å². The molecule has 5 nitrogen and oxygen atoms in total. The number of hydrogen-bond donors (Lipinski definition) is 2. The zero-order valence-electron chi connectivity index (χ0n) is 7.12. The minimum Gasteiger partial charge on any atom is -0.474 e. The standard InChI is InChI=1S/C7H10ClN3O2/c1-4-5(9)6(13-3-2-12)11-7(8)10-4/h12H,2-3,9H2,1H3. The van der Waals surface area contributed by atoms with Crippen molar-refractivity contribution in [1.82, 2.24) is 9.97 Å². The smallest absolute Gasteiger partial charge is 0.241 e. The second-order valence-corrected chi connectivity index (χ2v) is 2.71.